The standard InChI is InChI=1S/C8H8BrN3O2/c9-6-4-7(12(13)14)8(10-5-6)11-2-1-3-11/h4-5H,1-3H2. The number of rotatable bonds is 2. The summed E-state index contributed by atoms with van der Waals surface area (Å²) in [7, 11) is 0. The molecular formula is C8H8BrN3O2. The summed E-state index contributed by atoms with van der Waals surface area (Å²) in [6.45, 7) is 1.71. The Hall–Kier alpha value is -1.17. The first kappa shape index (κ1) is 9.39. The molecule has 0 spiro atoms. The number of hydrogen-bond acceptors (Lipinski definition) is 4. The molecule has 1 aromatic rings. The van der Waals surface area contributed by atoms with E-state index in [0.29, 0.717) is 10.3 Å². The lowest BCUT2D eigenvalue weighted by Crippen LogP contribution is -2.38. The van der Waals surface area contributed by atoms with Gasteiger partial charge in [0, 0.05) is 29.8 Å². The van der Waals surface area contributed by atoms with Crippen LogP contribution >= 0.6 is 15.9 Å². The zero-order valence-electron chi connectivity index (χ0n) is 7.31. The van der Waals surface area contributed by atoms with Crippen molar-refractivity contribution in [3.8, 4) is 0 Å². The molecule has 5 nitrogen and oxygen atoms in total. The topological polar surface area (TPSA) is 59.3 Å². The zero-order chi connectivity index (χ0) is 10.1. The maximum absolute atomic E-state index is 10.7. The van der Waals surface area contributed by atoms with Crippen molar-refractivity contribution < 1.29 is 4.92 Å². The van der Waals surface area contributed by atoms with Crippen LogP contribution < -0.4 is 4.90 Å². The Bertz CT molecular complexity index is 379. The molecule has 0 aromatic carbocycles. The van der Waals surface area contributed by atoms with Gasteiger partial charge in [0.05, 0.1) is 4.92 Å². The van der Waals surface area contributed by atoms with Crippen molar-refractivity contribution in [2.24, 2.45) is 0 Å². The third-order valence-corrected chi connectivity index (χ3v) is 2.60. The highest BCUT2D eigenvalue weighted by molar-refractivity contribution is 9.10. The van der Waals surface area contributed by atoms with E-state index >= 15 is 0 Å². The molecule has 0 unspecified atom stereocenters. The second-order valence-electron chi connectivity index (χ2n) is 3.09. The number of hydrogen-bond donors (Lipinski definition) is 0. The Morgan fingerprint density at radius 1 is 1.57 bits per heavy atom. The molecule has 14 heavy (non-hydrogen) atoms. The van der Waals surface area contributed by atoms with Gasteiger partial charge in [-0.1, -0.05) is 0 Å². The fourth-order valence-corrected chi connectivity index (χ4v) is 1.65. The quantitative estimate of drug-likeness (QED) is 0.601. The molecule has 1 fully saturated rings. The molecule has 1 aromatic heterocycles. The van der Waals surface area contributed by atoms with Crippen molar-refractivity contribution >= 4 is 27.4 Å². The van der Waals surface area contributed by atoms with Crippen LogP contribution in [0.2, 0.25) is 0 Å². The lowest BCUT2D eigenvalue weighted by molar-refractivity contribution is -0.384. The predicted molar refractivity (Wildman–Crippen MR) is 55.4 cm³/mol. The average Bonchev–Trinajstić information content (AvgIpc) is 2.04. The SMILES string of the molecule is O=[N+]([O-])c1cc(Br)cnc1N1CCC1. The molecule has 0 N–H and O–H groups in total. The number of anilines is 1. The highest BCUT2D eigenvalue weighted by Crippen LogP contribution is 2.30. The molecule has 74 valence electrons. The Balaban J connectivity index is 2.41. The molecule has 1 aliphatic heterocycles. The van der Waals surface area contributed by atoms with E-state index in [-0.39, 0.29) is 5.69 Å². The van der Waals surface area contributed by atoms with E-state index < -0.39 is 4.92 Å². The summed E-state index contributed by atoms with van der Waals surface area (Å²) in [5.74, 6) is 0.476. The largest absolute Gasteiger partial charge is 0.351 e. The summed E-state index contributed by atoms with van der Waals surface area (Å²) in [6.07, 6.45) is 2.66. The summed E-state index contributed by atoms with van der Waals surface area (Å²) in [5.41, 5.74) is 0.0686. The van der Waals surface area contributed by atoms with Crippen LogP contribution in [-0.4, -0.2) is 23.0 Å². The maximum atomic E-state index is 10.7. The molecule has 0 amide bonds. The van der Waals surface area contributed by atoms with E-state index in [1.54, 1.807) is 6.20 Å². The van der Waals surface area contributed by atoms with Crippen LogP contribution in [0.25, 0.3) is 0 Å². The second kappa shape index (κ2) is 3.53. The summed E-state index contributed by atoms with van der Waals surface area (Å²) in [4.78, 5) is 16.3. The Morgan fingerprint density at radius 2 is 2.29 bits per heavy atom. The predicted octanol–water partition coefficient (Wildman–Crippen LogP) is 1.96. The van der Waals surface area contributed by atoms with E-state index in [0.717, 1.165) is 19.5 Å². The fourth-order valence-electron chi connectivity index (χ4n) is 1.33. The number of aromatic nitrogens is 1. The summed E-state index contributed by atoms with van der Waals surface area (Å²) < 4.78 is 0.633. The minimum Gasteiger partial charge on any atom is -0.351 e. The van der Waals surface area contributed by atoms with Gasteiger partial charge in [-0.25, -0.2) is 4.98 Å². The van der Waals surface area contributed by atoms with Crippen molar-refractivity contribution in [1.82, 2.24) is 4.98 Å². The van der Waals surface area contributed by atoms with Crippen LogP contribution in [0.4, 0.5) is 11.5 Å². The molecule has 2 rings (SSSR count). The zero-order valence-corrected chi connectivity index (χ0v) is 8.90. The molecule has 6 heteroatoms. The van der Waals surface area contributed by atoms with Gasteiger partial charge in [-0.05, 0) is 22.4 Å². The van der Waals surface area contributed by atoms with Gasteiger partial charge in [0.1, 0.15) is 0 Å². The van der Waals surface area contributed by atoms with E-state index in [1.165, 1.54) is 6.07 Å². The Labute approximate surface area is 89.0 Å². The first-order chi connectivity index (χ1) is 6.68. The van der Waals surface area contributed by atoms with E-state index in [2.05, 4.69) is 20.9 Å². The first-order valence-electron chi connectivity index (χ1n) is 4.23. The monoisotopic (exact) mass is 257 g/mol. The van der Waals surface area contributed by atoms with Crippen molar-refractivity contribution in [1.29, 1.82) is 0 Å². The molecule has 0 saturated carbocycles. The molecule has 0 bridgehead atoms. The van der Waals surface area contributed by atoms with Gasteiger partial charge in [0.2, 0.25) is 5.82 Å². The molecule has 2 heterocycles. The van der Waals surface area contributed by atoms with Gasteiger partial charge >= 0.3 is 5.69 Å². The summed E-state index contributed by atoms with van der Waals surface area (Å²) >= 11 is 3.17. The number of nitrogens with zero attached hydrogens (tertiary/aromatic N) is 3. The van der Waals surface area contributed by atoms with Gasteiger partial charge in [-0.3, -0.25) is 10.1 Å². The third-order valence-electron chi connectivity index (χ3n) is 2.17. The van der Waals surface area contributed by atoms with E-state index in [4.69, 9.17) is 0 Å². The first-order valence-corrected chi connectivity index (χ1v) is 5.02. The fraction of sp³-hybridized carbons (Fsp3) is 0.375. The van der Waals surface area contributed by atoms with Crippen LogP contribution in [0.1, 0.15) is 6.42 Å². The Morgan fingerprint density at radius 3 is 2.79 bits per heavy atom. The number of nitro groups is 1. The van der Waals surface area contributed by atoms with Crippen LogP contribution in [0.5, 0.6) is 0 Å². The maximum Gasteiger partial charge on any atom is 0.312 e. The van der Waals surface area contributed by atoms with E-state index in [1.807, 2.05) is 4.90 Å². The van der Waals surface area contributed by atoms with Crippen molar-refractivity contribution in [3.63, 3.8) is 0 Å². The normalized spacial score (nSPS) is 15.1. The van der Waals surface area contributed by atoms with Crippen molar-refractivity contribution in [2.45, 2.75) is 6.42 Å². The van der Waals surface area contributed by atoms with Crippen molar-refractivity contribution in [3.05, 3.63) is 26.9 Å². The molecule has 1 saturated heterocycles. The van der Waals surface area contributed by atoms with Gasteiger partial charge in [-0.15, -0.1) is 0 Å². The molecule has 1 aliphatic rings. The Kier molecular flexibility index (Phi) is 2.37. The highest BCUT2D eigenvalue weighted by Gasteiger charge is 2.25. The van der Waals surface area contributed by atoms with Crippen LogP contribution in [-0.2, 0) is 0 Å². The number of pyridine rings is 1. The second-order valence-corrected chi connectivity index (χ2v) is 4.01. The van der Waals surface area contributed by atoms with Crippen molar-refractivity contribution in [2.75, 3.05) is 18.0 Å². The van der Waals surface area contributed by atoms with Crippen LogP contribution in [0.15, 0.2) is 16.7 Å². The molecule has 0 atom stereocenters. The smallest absolute Gasteiger partial charge is 0.312 e. The van der Waals surface area contributed by atoms with Gasteiger partial charge in [-0.2, -0.15) is 0 Å². The van der Waals surface area contributed by atoms with Gasteiger partial charge in [0.15, 0.2) is 0 Å². The average molecular weight is 258 g/mol. The highest BCUT2D eigenvalue weighted by atomic mass is 79.9. The molecular weight excluding hydrogens is 250 g/mol. The molecule has 0 radical (unpaired) electrons. The minimum atomic E-state index is -0.397. The lowest BCUT2D eigenvalue weighted by atomic mass is 10.2. The van der Waals surface area contributed by atoms with E-state index in [9.17, 15) is 10.1 Å². The van der Waals surface area contributed by atoms with Crippen LogP contribution in [0.3, 0.4) is 0 Å². The van der Waals surface area contributed by atoms with Crippen LogP contribution in [0, 0.1) is 10.1 Å². The summed E-state index contributed by atoms with van der Waals surface area (Å²) in [5, 5.41) is 10.7. The minimum absolute atomic E-state index is 0.0686. The summed E-state index contributed by atoms with van der Waals surface area (Å²) in [6, 6.07) is 1.49. The van der Waals surface area contributed by atoms with Gasteiger partial charge < -0.3 is 4.90 Å². The lowest BCUT2D eigenvalue weighted by Gasteiger charge is -2.31. The number of halogens is 1. The van der Waals surface area contributed by atoms with Gasteiger partial charge in [0.25, 0.3) is 0 Å². The third kappa shape index (κ3) is 1.57. The molecule has 0 aliphatic carbocycles.